The van der Waals surface area contributed by atoms with Crippen LogP contribution >= 0.6 is 0 Å². The molecule has 2 aromatic rings. The molecule has 0 aliphatic carbocycles. The largest absolute Gasteiger partial charge is 0.489 e. The van der Waals surface area contributed by atoms with Crippen LogP contribution in [0, 0.1) is 0 Å². The van der Waals surface area contributed by atoms with E-state index in [1.807, 2.05) is 24.3 Å². The molecular formula is C16H14N2O4. The fourth-order valence-electron chi connectivity index (χ4n) is 3.11. The van der Waals surface area contributed by atoms with Crippen molar-refractivity contribution in [2.45, 2.75) is 5.92 Å². The van der Waals surface area contributed by atoms with E-state index >= 15 is 0 Å². The number of fused-ring (bicyclic) bond motifs is 5. The maximum absolute atomic E-state index is 12.7. The van der Waals surface area contributed by atoms with Gasteiger partial charge in [0.15, 0.2) is 0 Å². The average molecular weight is 298 g/mol. The van der Waals surface area contributed by atoms with Gasteiger partial charge in [0.05, 0.1) is 17.7 Å². The molecule has 3 heterocycles. The molecule has 1 aromatic carbocycles. The fourth-order valence-corrected chi connectivity index (χ4v) is 3.11. The second-order valence-corrected chi connectivity index (χ2v) is 5.49. The maximum Gasteiger partial charge on any atom is 0.333 e. The molecule has 0 fully saturated rings. The second-order valence-electron chi connectivity index (χ2n) is 5.49. The molecule has 0 bridgehead atoms. The van der Waals surface area contributed by atoms with Crippen LogP contribution in [0.1, 0.15) is 17.0 Å². The van der Waals surface area contributed by atoms with Gasteiger partial charge in [-0.05, 0) is 6.07 Å². The molecule has 2 aliphatic rings. The van der Waals surface area contributed by atoms with Crippen molar-refractivity contribution in [2.75, 3.05) is 6.61 Å². The van der Waals surface area contributed by atoms with Crippen molar-refractivity contribution in [1.82, 2.24) is 9.13 Å². The zero-order valence-electron chi connectivity index (χ0n) is 12.2. The van der Waals surface area contributed by atoms with Crippen LogP contribution < -0.4 is 20.7 Å². The Hall–Kier alpha value is -2.76. The molecule has 2 aliphatic heterocycles. The fraction of sp³-hybridized carbons (Fsp3) is 0.250. The van der Waals surface area contributed by atoms with Crippen LogP contribution in [0.15, 0.2) is 45.7 Å². The number of benzene rings is 1. The predicted molar refractivity (Wildman–Crippen MR) is 79.4 cm³/mol. The summed E-state index contributed by atoms with van der Waals surface area (Å²) in [5, 5.41) is 0. The summed E-state index contributed by atoms with van der Waals surface area (Å²) in [6.07, 6.45) is 1.59. The smallest absolute Gasteiger partial charge is 0.333 e. The summed E-state index contributed by atoms with van der Waals surface area (Å²) in [5.41, 5.74) is 1.55. The van der Waals surface area contributed by atoms with Crippen molar-refractivity contribution < 1.29 is 9.47 Å². The second kappa shape index (κ2) is 4.37. The topological polar surface area (TPSA) is 62.5 Å². The summed E-state index contributed by atoms with van der Waals surface area (Å²) in [5.74, 6) is 0.825. The molecule has 0 amide bonds. The Bertz CT molecular complexity index is 936. The molecule has 6 nitrogen and oxygen atoms in total. The Kier molecular flexibility index (Phi) is 2.57. The lowest BCUT2D eigenvalue weighted by Gasteiger charge is -2.32. The van der Waals surface area contributed by atoms with Gasteiger partial charge in [-0.15, -0.1) is 0 Å². The van der Waals surface area contributed by atoms with E-state index in [1.54, 1.807) is 13.3 Å². The van der Waals surface area contributed by atoms with Crippen LogP contribution in [0.3, 0.4) is 0 Å². The summed E-state index contributed by atoms with van der Waals surface area (Å²) >= 11 is 0. The lowest BCUT2D eigenvalue weighted by atomic mass is 9.83. The zero-order chi connectivity index (χ0) is 15.4. The number of hydrogen-bond acceptors (Lipinski definition) is 4. The Morgan fingerprint density at radius 3 is 2.73 bits per heavy atom. The molecule has 1 aromatic heterocycles. The molecule has 0 spiro atoms. The van der Waals surface area contributed by atoms with Gasteiger partial charge in [-0.3, -0.25) is 13.9 Å². The quantitative estimate of drug-likeness (QED) is 0.724. The summed E-state index contributed by atoms with van der Waals surface area (Å²) in [6, 6.07) is 7.62. The highest BCUT2D eigenvalue weighted by Gasteiger charge is 2.36. The van der Waals surface area contributed by atoms with E-state index in [0.29, 0.717) is 18.1 Å². The van der Waals surface area contributed by atoms with Gasteiger partial charge in [0.1, 0.15) is 12.4 Å². The minimum absolute atomic E-state index is 0.237. The van der Waals surface area contributed by atoms with E-state index in [4.69, 9.17) is 9.47 Å². The molecule has 112 valence electrons. The third-order valence-corrected chi connectivity index (χ3v) is 4.25. The normalized spacial score (nSPS) is 18.3. The first-order valence-electron chi connectivity index (χ1n) is 6.97. The number of rotatable bonds is 0. The van der Waals surface area contributed by atoms with Crippen molar-refractivity contribution in [3.05, 3.63) is 68.1 Å². The van der Waals surface area contributed by atoms with Gasteiger partial charge in [-0.1, -0.05) is 18.2 Å². The van der Waals surface area contributed by atoms with Crippen LogP contribution in [-0.2, 0) is 14.1 Å². The third-order valence-electron chi connectivity index (χ3n) is 4.25. The lowest BCUT2D eigenvalue weighted by Crippen LogP contribution is -2.42. The van der Waals surface area contributed by atoms with E-state index in [1.165, 1.54) is 11.6 Å². The van der Waals surface area contributed by atoms with Crippen molar-refractivity contribution in [2.24, 2.45) is 14.1 Å². The molecule has 0 saturated heterocycles. The summed E-state index contributed by atoms with van der Waals surface area (Å²) in [7, 11) is 3.08. The highest BCUT2D eigenvalue weighted by Crippen LogP contribution is 2.44. The van der Waals surface area contributed by atoms with Gasteiger partial charge >= 0.3 is 5.69 Å². The van der Waals surface area contributed by atoms with Crippen LogP contribution in [0.4, 0.5) is 0 Å². The number of para-hydroxylation sites is 1. The average Bonchev–Trinajstić information content (AvgIpc) is 2.56. The van der Waals surface area contributed by atoms with Gasteiger partial charge in [0.25, 0.3) is 5.56 Å². The van der Waals surface area contributed by atoms with Crippen LogP contribution in [-0.4, -0.2) is 15.7 Å². The molecule has 6 heteroatoms. The summed E-state index contributed by atoms with van der Waals surface area (Å²) < 4.78 is 13.7. The number of hydrogen-bond donors (Lipinski definition) is 0. The predicted octanol–water partition coefficient (Wildman–Crippen LogP) is 0.885. The van der Waals surface area contributed by atoms with Crippen LogP contribution in [0.5, 0.6) is 11.6 Å². The Morgan fingerprint density at radius 1 is 1.14 bits per heavy atom. The van der Waals surface area contributed by atoms with Gasteiger partial charge < -0.3 is 9.47 Å². The van der Waals surface area contributed by atoms with Gasteiger partial charge in [-0.25, -0.2) is 4.79 Å². The minimum atomic E-state index is -0.402. The first-order valence-corrected chi connectivity index (χ1v) is 6.97. The van der Waals surface area contributed by atoms with Crippen molar-refractivity contribution >= 4 is 0 Å². The first kappa shape index (κ1) is 12.9. The molecule has 0 saturated carbocycles. The molecule has 4 rings (SSSR count). The molecule has 22 heavy (non-hydrogen) atoms. The van der Waals surface area contributed by atoms with Gasteiger partial charge in [-0.2, -0.15) is 0 Å². The monoisotopic (exact) mass is 298 g/mol. The van der Waals surface area contributed by atoms with Gasteiger partial charge in [0, 0.05) is 25.2 Å². The standard InChI is InChI=1S/C16H14N2O4/c1-17-14(19)13-12-9(8-22-15(13)18(2)16(17)20)7-21-11-6-4-3-5-10(11)12/h3-6,8,12H,7H2,1-2H3. The number of nitrogens with zero attached hydrogens (tertiary/aromatic N) is 2. The van der Waals surface area contributed by atoms with Crippen molar-refractivity contribution in [3.63, 3.8) is 0 Å². The molecule has 1 atom stereocenters. The van der Waals surface area contributed by atoms with E-state index in [2.05, 4.69) is 0 Å². The van der Waals surface area contributed by atoms with E-state index in [0.717, 1.165) is 21.5 Å². The number of ether oxygens (including phenoxy) is 2. The Balaban J connectivity index is 2.08. The van der Waals surface area contributed by atoms with E-state index in [-0.39, 0.29) is 11.5 Å². The molecule has 0 N–H and O–H groups in total. The first-order chi connectivity index (χ1) is 10.6. The van der Waals surface area contributed by atoms with Crippen molar-refractivity contribution in [3.8, 4) is 11.6 Å². The maximum atomic E-state index is 12.7. The Labute approximate surface area is 125 Å². The van der Waals surface area contributed by atoms with Crippen LogP contribution in [0.25, 0.3) is 0 Å². The zero-order valence-corrected chi connectivity index (χ0v) is 12.2. The summed E-state index contributed by atoms with van der Waals surface area (Å²) in [6.45, 7) is 0.368. The van der Waals surface area contributed by atoms with Crippen LogP contribution in [0.2, 0.25) is 0 Å². The molecule has 0 radical (unpaired) electrons. The molecular weight excluding hydrogens is 284 g/mol. The lowest BCUT2D eigenvalue weighted by molar-refractivity contribution is 0.301. The number of aromatic nitrogens is 2. The SMILES string of the molecule is Cn1c2c(c(=O)n(C)c1=O)C1C(=CO2)COc2ccccc21. The van der Waals surface area contributed by atoms with Crippen molar-refractivity contribution in [1.29, 1.82) is 0 Å². The summed E-state index contributed by atoms with van der Waals surface area (Å²) in [4.78, 5) is 24.7. The Morgan fingerprint density at radius 2 is 1.91 bits per heavy atom. The van der Waals surface area contributed by atoms with E-state index in [9.17, 15) is 9.59 Å². The minimum Gasteiger partial charge on any atom is -0.489 e. The highest BCUT2D eigenvalue weighted by molar-refractivity contribution is 5.54. The highest BCUT2D eigenvalue weighted by atomic mass is 16.5. The van der Waals surface area contributed by atoms with Gasteiger partial charge in [0.2, 0.25) is 5.88 Å². The molecule has 1 unspecified atom stereocenters. The van der Waals surface area contributed by atoms with E-state index < -0.39 is 5.69 Å². The third kappa shape index (κ3) is 1.55.